The molecule has 2 aliphatic rings. The Morgan fingerprint density at radius 1 is 1.59 bits per heavy atom. The first kappa shape index (κ1) is 13.2. The first-order chi connectivity index (χ1) is 8.17. The topological polar surface area (TPSA) is 32.3 Å². The van der Waals surface area contributed by atoms with Gasteiger partial charge in [-0.3, -0.25) is 4.79 Å². The standard InChI is InChI=1S/C13H24N2OS/c1-3-8-15(11-5-7-14-10-11)12(16)13(2)6-4-9-17-13/h11,14H,3-10H2,1-2H3. The van der Waals surface area contributed by atoms with E-state index in [1.165, 1.54) is 6.42 Å². The zero-order valence-corrected chi connectivity index (χ0v) is 11.8. The molecule has 2 rings (SSSR count). The maximum Gasteiger partial charge on any atom is 0.238 e. The summed E-state index contributed by atoms with van der Waals surface area (Å²) in [7, 11) is 0. The number of nitrogens with zero attached hydrogens (tertiary/aromatic N) is 1. The Balaban J connectivity index is 2.06. The molecule has 0 aromatic heterocycles. The highest BCUT2D eigenvalue weighted by molar-refractivity contribution is 8.01. The van der Waals surface area contributed by atoms with Gasteiger partial charge < -0.3 is 10.2 Å². The summed E-state index contributed by atoms with van der Waals surface area (Å²) >= 11 is 1.85. The van der Waals surface area contributed by atoms with Gasteiger partial charge >= 0.3 is 0 Å². The largest absolute Gasteiger partial charge is 0.337 e. The molecule has 98 valence electrons. The number of carbonyl (C=O) groups excluding carboxylic acids is 1. The summed E-state index contributed by atoms with van der Waals surface area (Å²) in [5.74, 6) is 1.53. The highest BCUT2D eigenvalue weighted by Crippen LogP contribution is 2.39. The Kier molecular flexibility index (Phi) is 4.36. The quantitative estimate of drug-likeness (QED) is 0.833. The molecule has 3 nitrogen and oxygen atoms in total. The molecule has 2 aliphatic heterocycles. The molecule has 2 saturated heterocycles. The van der Waals surface area contributed by atoms with Gasteiger partial charge in [0, 0.05) is 19.1 Å². The monoisotopic (exact) mass is 256 g/mol. The van der Waals surface area contributed by atoms with E-state index in [1.807, 2.05) is 11.8 Å². The van der Waals surface area contributed by atoms with Crippen molar-refractivity contribution < 1.29 is 4.79 Å². The van der Waals surface area contributed by atoms with Gasteiger partial charge in [0.1, 0.15) is 0 Å². The van der Waals surface area contributed by atoms with Gasteiger partial charge in [0.05, 0.1) is 4.75 Å². The van der Waals surface area contributed by atoms with Gasteiger partial charge in [0.25, 0.3) is 0 Å². The van der Waals surface area contributed by atoms with Crippen LogP contribution in [0.25, 0.3) is 0 Å². The van der Waals surface area contributed by atoms with Crippen molar-refractivity contribution in [3.63, 3.8) is 0 Å². The molecule has 2 fully saturated rings. The fourth-order valence-electron chi connectivity index (χ4n) is 2.85. The lowest BCUT2D eigenvalue weighted by atomic mass is 10.0. The molecule has 4 heteroatoms. The number of hydrogen-bond donors (Lipinski definition) is 1. The minimum absolute atomic E-state index is 0.141. The van der Waals surface area contributed by atoms with Crippen molar-refractivity contribution in [2.45, 2.75) is 50.3 Å². The lowest BCUT2D eigenvalue weighted by Crippen LogP contribution is -2.50. The van der Waals surface area contributed by atoms with Crippen LogP contribution in [0.3, 0.4) is 0 Å². The molecule has 0 aromatic rings. The zero-order chi connectivity index (χ0) is 12.3. The Hall–Kier alpha value is -0.220. The fraction of sp³-hybridized carbons (Fsp3) is 0.923. The molecule has 2 atom stereocenters. The van der Waals surface area contributed by atoms with Crippen molar-refractivity contribution in [1.82, 2.24) is 10.2 Å². The predicted octanol–water partition coefficient (Wildman–Crippen LogP) is 1.87. The molecule has 0 aliphatic carbocycles. The third kappa shape index (κ3) is 2.79. The normalized spacial score (nSPS) is 32.9. The van der Waals surface area contributed by atoms with E-state index in [2.05, 4.69) is 24.1 Å². The molecule has 2 heterocycles. The Labute approximate surface area is 109 Å². The van der Waals surface area contributed by atoms with Crippen LogP contribution in [-0.4, -0.2) is 47.0 Å². The van der Waals surface area contributed by atoms with Gasteiger partial charge in [-0.2, -0.15) is 0 Å². The van der Waals surface area contributed by atoms with Crippen molar-refractivity contribution in [2.24, 2.45) is 0 Å². The van der Waals surface area contributed by atoms with E-state index in [0.29, 0.717) is 11.9 Å². The van der Waals surface area contributed by atoms with Gasteiger partial charge in [-0.05, 0) is 44.9 Å². The SMILES string of the molecule is CCCN(C(=O)C1(C)CCCS1)C1CCNC1. The number of rotatable bonds is 4. The number of amides is 1. The van der Waals surface area contributed by atoms with E-state index >= 15 is 0 Å². The average Bonchev–Trinajstić information content (AvgIpc) is 2.96. The molecule has 0 saturated carbocycles. The van der Waals surface area contributed by atoms with Crippen LogP contribution in [0.15, 0.2) is 0 Å². The minimum Gasteiger partial charge on any atom is -0.337 e. The van der Waals surface area contributed by atoms with Crippen molar-refractivity contribution >= 4 is 17.7 Å². The van der Waals surface area contributed by atoms with Crippen molar-refractivity contribution in [2.75, 3.05) is 25.4 Å². The van der Waals surface area contributed by atoms with Crippen LogP contribution in [0.2, 0.25) is 0 Å². The third-order valence-electron chi connectivity index (χ3n) is 3.87. The van der Waals surface area contributed by atoms with Crippen molar-refractivity contribution in [3.8, 4) is 0 Å². The molecule has 0 aromatic carbocycles. The Morgan fingerprint density at radius 3 is 2.94 bits per heavy atom. The average molecular weight is 256 g/mol. The van der Waals surface area contributed by atoms with Crippen LogP contribution in [-0.2, 0) is 4.79 Å². The molecule has 0 spiro atoms. The van der Waals surface area contributed by atoms with E-state index in [1.54, 1.807) is 0 Å². The predicted molar refractivity (Wildman–Crippen MR) is 73.4 cm³/mol. The van der Waals surface area contributed by atoms with Gasteiger partial charge in [-0.25, -0.2) is 0 Å². The second kappa shape index (κ2) is 5.61. The minimum atomic E-state index is -0.141. The van der Waals surface area contributed by atoms with Crippen LogP contribution in [0.4, 0.5) is 0 Å². The Bertz CT molecular complexity index is 271. The van der Waals surface area contributed by atoms with Crippen LogP contribution in [0.5, 0.6) is 0 Å². The van der Waals surface area contributed by atoms with Gasteiger partial charge in [0.15, 0.2) is 0 Å². The molecule has 0 radical (unpaired) electrons. The molecular formula is C13H24N2OS. The van der Waals surface area contributed by atoms with E-state index < -0.39 is 0 Å². The van der Waals surface area contributed by atoms with Crippen molar-refractivity contribution in [3.05, 3.63) is 0 Å². The summed E-state index contributed by atoms with van der Waals surface area (Å²) in [6, 6.07) is 0.431. The number of nitrogens with one attached hydrogen (secondary N) is 1. The van der Waals surface area contributed by atoms with Crippen LogP contribution < -0.4 is 5.32 Å². The third-order valence-corrected chi connectivity index (χ3v) is 5.38. The lowest BCUT2D eigenvalue weighted by molar-refractivity contribution is -0.135. The first-order valence-corrected chi connectivity index (χ1v) is 7.81. The second-order valence-corrected chi connectivity index (χ2v) is 6.93. The first-order valence-electron chi connectivity index (χ1n) is 6.83. The number of thioether (sulfide) groups is 1. The van der Waals surface area contributed by atoms with E-state index in [4.69, 9.17) is 0 Å². The van der Waals surface area contributed by atoms with Gasteiger partial charge in [-0.15, -0.1) is 11.8 Å². The molecule has 1 amide bonds. The highest BCUT2D eigenvalue weighted by Gasteiger charge is 2.41. The maximum atomic E-state index is 12.7. The fourth-order valence-corrected chi connectivity index (χ4v) is 4.12. The highest BCUT2D eigenvalue weighted by atomic mass is 32.2. The maximum absolute atomic E-state index is 12.7. The summed E-state index contributed by atoms with van der Waals surface area (Å²) in [5.41, 5.74) is 0. The van der Waals surface area contributed by atoms with Crippen LogP contribution >= 0.6 is 11.8 Å². The number of hydrogen-bond acceptors (Lipinski definition) is 3. The molecular weight excluding hydrogens is 232 g/mol. The van der Waals surface area contributed by atoms with Crippen molar-refractivity contribution in [1.29, 1.82) is 0 Å². The molecule has 1 N–H and O–H groups in total. The smallest absolute Gasteiger partial charge is 0.238 e. The van der Waals surface area contributed by atoms with E-state index in [9.17, 15) is 4.79 Å². The van der Waals surface area contributed by atoms with Crippen LogP contribution in [0.1, 0.15) is 39.5 Å². The summed E-state index contributed by atoms with van der Waals surface area (Å²) in [6.45, 7) is 7.25. The second-order valence-electron chi connectivity index (χ2n) is 5.33. The molecule has 17 heavy (non-hydrogen) atoms. The number of carbonyl (C=O) groups is 1. The summed E-state index contributed by atoms with van der Waals surface area (Å²) < 4.78 is -0.141. The Morgan fingerprint density at radius 2 is 2.41 bits per heavy atom. The summed E-state index contributed by atoms with van der Waals surface area (Å²) in [5, 5.41) is 3.37. The van der Waals surface area contributed by atoms with E-state index in [-0.39, 0.29) is 4.75 Å². The molecule has 2 unspecified atom stereocenters. The lowest BCUT2D eigenvalue weighted by Gasteiger charge is -2.35. The summed E-state index contributed by atoms with van der Waals surface area (Å²) in [4.78, 5) is 14.9. The summed E-state index contributed by atoms with van der Waals surface area (Å²) in [6.07, 6.45) is 4.42. The van der Waals surface area contributed by atoms with Gasteiger partial charge in [-0.1, -0.05) is 6.92 Å². The van der Waals surface area contributed by atoms with Gasteiger partial charge in [0.2, 0.25) is 5.91 Å². The van der Waals surface area contributed by atoms with E-state index in [0.717, 1.165) is 44.6 Å². The zero-order valence-electron chi connectivity index (χ0n) is 11.0. The molecule has 0 bridgehead atoms. The van der Waals surface area contributed by atoms with Crippen LogP contribution in [0, 0.1) is 0 Å².